The summed E-state index contributed by atoms with van der Waals surface area (Å²) in [4.78, 5) is 11.4. The third kappa shape index (κ3) is 5.11. The molecular weight excluding hydrogens is 388 g/mol. The van der Waals surface area contributed by atoms with Crippen molar-refractivity contribution >= 4 is 22.8 Å². The molecule has 1 fully saturated rings. The highest BCUT2D eigenvalue weighted by Gasteiger charge is 2.19. The molecule has 7 heteroatoms. The molecule has 31 heavy (non-hydrogen) atoms. The number of hydrogen-bond donors (Lipinski definition) is 2. The van der Waals surface area contributed by atoms with E-state index < -0.39 is 0 Å². The van der Waals surface area contributed by atoms with Crippen molar-refractivity contribution in [3.63, 3.8) is 0 Å². The van der Waals surface area contributed by atoms with Gasteiger partial charge in [0, 0.05) is 54.0 Å². The van der Waals surface area contributed by atoms with Crippen molar-refractivity contribution in [1.82, 2.24) is 14.9 Å². The van der Waals surface area contributed by atoms with E-state index in [9.17, 15) is 0 Å². The van der Waals surface area contributed by atoms with Crippen LogP contribution in [-0.4, -0.2) is 39.9 Å². The lowest BCUT2D eigenvalue weighted by atomic mass is 9.98. The quantitative estimate of drug-likeness (QED) is 0.553. The predicted molar refractivity (Wildman–Crippen MR) is 120 cm³/mol. The molecule has 0 atom stereocenters. The van der Waals surface area contributed by atoms with Gasteiger partial charge in [0.25, 0.3) is 0 Å². The summed E-state index contributed by atoms with van der Waals surface area (Å²) in [5.74, 6) is 1.32. The van der Waals surface area contributed by atoms with Crippen molar-refractivity contribution in [2.45, 2.75) is 25.8 Å². The second-order valence-electron chi connectivity index (χ2n) is 7.71. The average Bonchev–Trinajstić information content (AvgIpc) is 2.80. The molecule has 7 nitrogen and oxygen atoms in total. The van der Waals surface area contributed by atoms with Crippen LogP contribution in [0.1, 0.15) is 30.5 Å². The van der Waals surface area contributed by atoms with Gasteiger partial charge in [-0.2, -0.15) is 5.26 Å². The highest BCUT2D eigenvalue weighted by atomic mass is 16.5. The molecule has 4 rings (SSSR count). The largest absolute Gasteiger partial charge is 0.439 e. The number of piperidine rings is 1. The van der Waals surface area contributed by atoms with Crippen LogP contribution in [0.25, 0.3) is 10.9 Å². The Bertz CT molecular complexity index is 1130. The zero-order valence-corrected chi connectivity index (χ0v) is 17.2. The Morgan fingerprint density at radius 3 is 2.74 bits per heavy atom. The minimum absolute atomic E-state index is 0.193. The number of ether oxygens (including phenoxy) is 1. The van der Waals surface area contributed by atoms with Gasteiger partial charge in [0.2, 0.25) is 5.88 Å². The van der Waals surface area contributed by atoms with E-state index in [2.05, 4.69) is 22.0 Å². The van der Waals surface area contributed by atoms with Crippen molar-refractivity contribution in [3.8, 4) is 17.7 Å². The summed E-state index contributed by atoms with van der Waals surface area (Å²) in [6.45, 7) is 2.68. The first-order chi connectivity index (χ1) is 15.1. The summed E-state index contributed by atoms with van der Waals surface area (Å²) in [6, 6.07) is 15.8. The van der Waals surface area contributed by atoms with E-state index in [0.29, 0.717) is 29.3 Å². The minimum atomic E-state index is 0.193. The maximum absolute atomic E-state index is 9.04. The Morgan fingerprint density at radius 1 is 1.19 bits per heavy atom. The van der Waals surface area contributed by atoms with Crippen LogP contribution >= 0.6 is 0 Å². The topological polar surface area (TPSA) is 110 Å². The van der Waals surface area contributed by atoms with Crippen LogP contribution in [0.4, 0.5) is 0 Å². The molecule has 0 unspecified atom stereocenters. The number of pyridine rings is 2. The van der Waals surface area contributed by atoms with Gasteiger partial charge in [0.05, 0.1) is 17.3 Å². The molecule has 3 heterocycles. The van der Waals surface area contributed by atoms with Crippen molar-refractivity contribution in [2.75, 3.05) is 13.1 Å². The normalized spacial score (nSPS) is 14.8. The molecule has 0 amide bonds. The summed E-state index contributed by atoms with van der Waals surface area (Å²) >= 11 is 0. The molecule has 156 valence electrons. The minimum Gasteiger partial charge on any atom is -0.439 e. The van der Waals surface area contributed by atoms with Gasteiger partial charge in [-0.05, 0) is 56.3 Å². The molecule has 1 saturated heterocycles. The Morgan fingerprint density at radius 2 is 2.03 bits per heavy atom. The third-order valence-electron chi connectivity index (χ3n) is 5.49. The van der Waals surface area contributed by atoms with E-state index >= 15 is 0 Å². The van der Waals surface area contributed by atoms with E-state index in [-0.39, 0.29) is 5.92 Å². The van der Waals surface area contributed by atoms with Crippen molar-refractivity contribution in [2.24, 2.45) is 5.92 Å². The maximum atomic E-state index is 9.04. The lowest BCUT2D eigenvalue weighted by Crippen LogP contribution is -2.33. The Kier molecular flexibility index (Phi) is 6.29. The number of nitrogens with zero attached hydrogens (tertiary/aromatic N) is 4. The van der Waals surface area contributed by atoms with Gasteiger partial charge in [-0.1, -0.05) is 6.07 Å². The van der Waals surface area contributed by atoms with Gasteiger partial charge >= 0.3 is 0 Å². The number of benzene rings is 1. The fraction of sp³-hybridized carbons (Fsp3) is 0.292. The van der Waals surface area contributed by atoms with Gasteiger partial charge in [0.15, 0.2) is 0 Å². The van der Waals surface area contributed by atoms with E-state index in [1.807, 2.05) is 24.3 Å². The maximum Gasteiger partial charge on any atom is 0.219 e. The first kappa shape index (κ1) is 20.6. The van der Waals surface area contributed by atoms with E-state index in [0.717, 1.165) is 49.1 Å². The van der Waals surface area contributed by atoms with Crippen molar-refractivity contribution in [1.29, 1.82) is 16.1 Å². The van der Waals surface area contributed by atoms with Crippen molar-refractivity contribution in [3.05, 3.63) is 59.9 Å². The van der Waals surface area contributed by atoms with Crippen LogP contribution in [0.3, 0.4) is 0 Å². The van der Waals surface area contributed by atoms with Gasteiger partial charge in [-0.3, -0.25) is 9.88 Å². The van der Waals surface area contributed by atoms with E-state index in [4.69, 9.17) is 25.8 Å². The highest BCUT2D eigenvalue weighted by Crippen LogP contribution is 2.25. The average molecular weight is 412 g/mol. The number of nitrogens with one attached hydrogen (secondary N) is 2. The lowest BCUT2D eigenvalue weighted by molar-refractivity contribution is 0.196. The van der Waals surface area contributed by atoms with Crippen molar-refractivity contribution < 1.29 is 4.74 Å². The van der Waals surface area contributed by atoms with Crippen LogP contribution in [0, 0.1) is 28.1 Å². The monoisotopic (exact) mass is 412 g/mol. The molecule has 0 saturated carbocycles. The smallest absolute Gasteiger partial charge is 0.219 e. The fourth-order valence-corrected chi connectivity index (χ4v) is 3.71. The molecule has 0 aliphatic carbocycles. The summed E-state index contributed by atoms with van der Waals surface area (Å²) in [7, 11) is 0. The van der Waals surface area contributed by atoms with Crippen LogP contribution in [0.15, 0.2) is 48.7 Å². The molecule has 0 spiro atoms. The second-order valence-corrected chi connectivity index (χ2v) is 7.71. The molecule has 1 aliphatic heterocycles. The number of likely N-dealkylation sites (tertiary alicyclic amines) is 1. The summed E-state index contributed by atoms with van der Waals surface area (Å²) in [5, 5.41) is 25.0. The van der Waals surface area contributed by atoms with E-state index in [1.165, 1.54) is 6.21 Å². The molecular formula is C24H24N6O. The van der Waals surface area contributed by atoms with Gasteiger partial charge in [0.1, 0.15) is 5.75 Å². The molecule has 1 aromatic carbocycles. The standard InChI is InChI=1S/C24H24N6O/c25-10-7-22(27)19-2-6-24(28-15-19)31-21-4-5-23-18(13-21)1-3-20(29-23)16-30-11-8-17(14-26)9-12-30/h1-6,10,13,15,17,25,27H,7-9,11-12,16H2. The number of fused-ring (bicyclic) bond motifs is 1. The molecule has 2 aromatic heterocycles. The zero-order chi connectivity index (χ0) is 21.6. The summed E-state index contributed by atoms with van der Waals surface area (Å²) in [6.07, 6.45) is 4.96. The van der Waals surface area contributed by atoms with Crippen LogP contribution in [-0.2, 0) is 6.54 Å². The Balaban J connectivity index is 1.42. The predicted octanol–water partition coefficient (Wildman–Crippen LogP) is 4.57. The van der Waals surface area contributed by atoms with Gasteiger partial charge in [-0.15, -0.1) is 0 Å². The number of nitriles is 1. The first-order valence-corrected chi connectivity index (χ1v) is 10.4. The number of hydrogen-bond acceptors (Lipinski definition) is 7. The van der Waals surface area contributed by atoms with Gasteiger partial charge in [-0.25, -0.2) is 4.98 Å². The second kappa shape index (κ2) is 9.45. The molecule has 0 bridgehead atoms. The molecule has 2 N–H and O–H groups in total. The molecule has 3 aromatic rings. The third-order valence-corrected chi connectivity index (χ3v) is 5.49. The van der Waals surface area contributed by atoms with Gasteiger partial charge < -0.3 is 15.6 Å². The summed E-state index contributed by atoms with van der Waals surface area (Å²) in [5.41, 5.74) is 2.99. The SMILES string of the molecule is N#CC1CCN(Cc2ccc3cc(Oc4ccc(C(=N)CC=N)cn4)ccc3n2)CC1. The van der Waals surface area contributed by atoms with Crippen LogP contribution in [0.5, 0.6) is 11.6 Å². The van der Waals surface area contributed by atoms with Crippen LogP contribution in [0.2, 0.25) is 0 Å². The Labute approximate surface area is 181 Å². The zero-order valence-electron chi connectivity index (χ0n) is 17.2. The first-order valence-electron chi connectivity index (χ1n) is 10.4. The lowest BCUT2D eigenvalue weighted by Gasteiger charge is -2.28. The number of rotatable bonds is 7. The number of aromatic nitrogens is 2. The van der Waals surface area contributed by atoms with Crippen LogP contribution < -0.4 is 4.74 Å². The molecule has 1 aliphatic rings. The highest BCUT2D eigenvalue weighted by molar-refractivity contribution is 6.04. The Hall–Kier alpha value is -3.63. The molecule has 0 radical (unpaired) electrons. The van der Waals surface area contributed by atoms with E-state index in [1.54, 1.807) is 18.3 Å². The fourth-order valence-electron chi connectivity index (χ4n) is 3.71. The summed E-state index contributed by atoms with van der Waals surface area (Å²) < 4.78 is 5.86.